The standard InChI is InChI=1S/C17H20N2O4S/c1-11(2)9-14(17(20)21)18-10-12-7-8-16(24-12)13-5-3-4-6-15(13)19(22)23/h3-8,11,14,18H,9-10H2,1-2H3,(H,20,21)/t14-/m0/s1. The second-order valence-corrected chi connectivity index (χ2v) is 7.11. The molecule has 1 heterocycles. The molecule has 1 atom stereocenters. The van der Waals surface area contributed by atoms with Crippen LogP contribution in [0.25, 0.3) is 10.4 Å². The van der Waals surface area contributed by atoms with E-state index in [9.17, 15) is 20.0 Å². The molecule has 2 N–H and O–H groups in total. The van der Waals surface area contributed by atoms with Gasteiger partial charge in [-0.15, -0.1) is 11.3 Å². The minimum atomic E-state index is -0.862. The van der Waals surface area contributed by atoms with Crippen molar-refractivity contribution in [1.82, 2.24) is 5.32 Å². The van der Waals surface area contributed by atoms with E-state index in [0.29, 0.717) is 18.5 Å². The largest absolute Gasteiger partial charge is 0.480 e. The molecule has 6 nitrogen and oxygen atoms in total. The average molecular weight is 348 g/mol. The highest BCUT2D eigenvalue weighted by atomic mass is 32.1. The van der Waals surface area contributed by atoms with Crippen LogP contribution in [0.2, 0.25) is 0 Å². The topological polar surface area (TPSA) is 92.5 Å². The van der Waals surface area contributed by atoms with Gasteiger partial charge in [0, 0.05) is 22.4 Å². The van der Waals surface area contributed by atoms with Gasteiger partial charge >= 0.3 is 5.97 Å². The number of aliphatic carboxylic acids is 1. The van der Waals surface area contributed by atoms with Crippen LogP contribution < -0.4 is 5.32 Å². The Kier molecular flexibility index (Phi) is 6.05. The maximum atomic E-state index is 11.3. The van der Waals surface area contributed by atoms with Crippen molar-refractivity contribution in [2.45, 2.75) is 32.9 Å². The van der Waals surface area contributed by atoms with Crippen LogP contribution in [0.1, 0.15) is 25.1 Å². The van der Waals surface area contributed by atoms with Crippen LogP contribution >= 0.6 is 11.3 Å². The van der Waals surface area contributed by atoms with Crippen molar-refractivity contribution < 1.29 is 14.8 Å². The van der Waals surface area contributed by atoms with Crippen molar-refractivity contribution >= 4 is 23.0 Å². The first-order valence-corrected chi connectivity index (χ1v) is 8.48. The predicted octanol–water partition coefficient (Wildman–Crippen LogP) is 3.91. The summed E-state index contributed by atoms with van der Waals surface area (Å²) in [5.41, 5.74) is 0.651. The number of hydrogen-bond donors (Lipinski definition) is 2. The Morgan fingerprint density at radius 2 is 2.00 bits per heavy atom. The smallest absolute Gasteiger partial charge is 0.320 e. The number of hydrogen-bond acceptors (Lipinski definition) is 5. The SMILES string of the molecule is CC(C)C[C@H](NCc1ccc(-c2ccccc2[N+](=O)[O-])s1)C(=O)O. The summed E-state index contributed by atoms with van der Waals surface area (Å²) in [5.74, 6) is -0.580. The molecule has 0 amide bonds. The maximum absolute atomic E-state index is 11.3. The second kappa shape index (κ2) is 8.03. The summed E-state index contributed by atoms with van der Waals surface area (Å²) in [5, 5.41) is 23.4. The first-order valence-electron chi connectivity index (χ1n) is 7.67. The first-order chi connectivity index (χ1) is 11.4. The van der Waals surface area contributed by atoms with Gasteiger partial charge < -0.3 is 5.11 Å². The Bertz CT molecular complexity index is 727. The lowest BCUT2D eigenvalue weighted by Crippen LogP contribution is -2.37. The van der Waals surface area contributed by atoms with Crippen LogP contribution in [0, 0.1) is 16.0 Å². The Hall–Kier alpha value is -2.25. The molecule has 24 heavy (non-hydrogen) atoms. The van der Waals surface area contributed by atoms with Crippen LogP contribution in [0.3, 0.4) is 0 Å². The minimum absolute atomic E-state index is 0.0714. The van der Waals surface area contributed by atoms with E-state index in [1.807, 2.05) is 26.0 Å². The average Bonchev–Trinajstić information content (AvgIpc) is 2.99. The Labute approximate surface area is 144 Å². The highest BCUT2D eigenvalue weighted by molar-refractivity contribution is 7.15. The molecule has 0 bridgehead atoms. The van der Waals surface area contributed by atoms with Crippen molar-refractivity contribution in [3.63, 3.8) is 0 Å². The molecular weight excluding hydrogens is 328 g/mol. The van der Waals surface area contributed by atoms with Gasteiger partial charge in [-0.05, 0) is 30.5 Å². The third-order valence-corrected chi connectivity index (χ3v) is 4.67. The Morgan fingerprint density at radius 1 is 1.29 bits per heavy atom. The van der Waals surface area contributed by atoms with Crippen LogP contribution in [-0.2, 0) is 11.3 Å². The molecule has 1 aromatic carbocycles. The Morgan fingerprint density at radius 3 is 2.62 bits per heavy atom. The fraction of sp³-hybridized carbons (Fsp3) is 0.353. The number of nitrogens with one attached hydrogen (secondary N) is 1. The van der Waals surface area contributed by atoms with E-state index in [1.165, 1.54) is 17.4 Å². The van der Waals surface area contributed by atoms with E-state index in [2.05, 4.69) is 5.32 Å². The molecule has 0 fully saturated rings. The molecule has 1 aromatic heterocycles. The number of carboxylic acid groups (broad SMARTS) is 1. The number of benzene rings is 1. The molecule has 2 aromatic rings. The summed E-state index contributed by atoms with van der Waals surface area (Å²) in [6, 6.07) is 9.72. The lowest BCUT2D eigenvalue weighted by atomic mass is 10.0. The summed E-state index contributed by atoms with van der Waals surface area (Å²) in [4.78, 5) is 23.7. The number of carbonyl (C=O) groups is 1. The highest BCUT2D eigenvalue weighted by Gasteiger charge is 2.19. The van der Waals surface area contributed by atoms with Gasteiger partial charge in [-0.3, -0.25) is 20.2 Å². The molecule has 128 valence electrons. The van der Waals surface area contributed by atoms with Gasteiger partial charge in [-0.1, -0.05) is 26.0 Å². The minimum Gasteiger partial charge on any atom is -0.480 e. The van der Waals surface area contributed by atoms with Crippen LogP contribution in [-0.4, -0.2) is 22.0 Å². The number of carboxylic acids is 1. The van der Waals surface area contributed by atoms with Crippen LogP contribution in [0.4, 0.5) is 5.69 Å². The zero-order chi connectivity index (χ0) is 17.7. The van der Waals surface area contributed by atoms with E-state index in [4.69, 9.17) is 0 Å². The first kappa shape index (κ1) is 18.1. The molecule has 0 saturated carbocycles. The van der Waals surface area contributed by atoms with Crippen LogP contribution in [0.5, 0.6) is 0 Å². The zero-order valence-electron chi connectivity index (χ0n) is 13.6. The molecule has 0 unspecified atom stereocenters. The maximum Gasteiger partial charge on any atom is 0.320 e. The molecule has 7 heteroatoms. The molecule has 0 radical (unpaired) electrons. The summed E-state index contributed by atoms with van der Waals surface area (Å²) >= 11 is 1.43. The monoisotopic (exact) mass is 348 g/mol. The van der Waals surface area contributed by atoms with Gasteiger partial charge in [0.1, 0.15) is 6.04 Å². The molecule has 0 aliphatic carbocycles. The van der Waals surface area contributed by atoms with E-state index < -0.39 is 16.9 Å². The summed E-state index contributed by atoms with van der Waals surface area (Å²) < 4.78 is 0. The molecule has 0 aliphatic rings. The third-order valence-electron chi connectivity index (χ3n) is 3.56. The summed E-state index contributed by atoms with van der Waals surface area (Å²) in [6.07, 6.45) is 0.553. The van der Waals surface area contributed by atoms with E-state index in [-0.39, 0.29) is 11.6 Å². The number of nitro groups is 1. The number of thiophene rings is 1. The molecular formula is C17H20N2O4S. The fourth-order valence-electron chi connectivity index (χ4n) is 2.43. The van der Waals surface area contributed by atoms with Gasteiger partial charge in [0.05, 0.1) is 10.5 Å². The lowest BCUT2D eigenvalue weighted by molar-refractivity contribution is -0.384. The van der Waals surface area contributed by atoms with Crippen molar-refractivity contribution in [3.8, 4) is 10.4 Å². The van der Waals surface area contributed by atoms with Crippen LogP contribution in [0.15, 0.2) is 36.4 Å². The van der Waals surface area contributed by atoms with Crippen molar-refractivity contribution in [3.05, 3.63) is 51.4 Å². The molecule has 0 aliphatic heterocycles. The van der Waals surface area contributed by atoms with Crippen molar-refractivity contribution in [1.29, 1.82) is 0 Å². The molecule has 2 rings (SSSR count). The second-order valence-electron chi connectivity index (χ2n) is 5.94. The number of nitro benzene ring substituents is 1. The highest BCUT2D eigenvalue weighted by Crippen LogP contribution is 2.34. The van der Waals surface area contributed by atoms with Gasteiger partial charge in [-0.2, -0.15) is 0 Å². The summed E-state index contributed by atoms with van der Waals surface area (Å²) in [6.45, 7) is 4.39. The molecule has 0 saturated heterocycles. The fourth-order valence-corrected chi connectivity index (χ4v) is 3.42. The van der Waals surface area contributed by atoms with E-state index in [0.717, 1.165) is 9.75 Å². The Balaban J connectivity index is 2.11. The van der Waals surface area contributed by atoms with Crippen molar-refractivity contribution in [2.75, 3.05) is 0 Å². The van der Waals surface area contributed by atoms with E-state index in [1.54, 1.807) is 18.2 Å². The number of rotatable bonds is 8. The van der Waals surface area contributed by atoms with Gasteiger partial charge in [0.2, 0.25) is 0 Å². The number of nitrogens with zero attached hydrogens (tertiary/aromatic N) is 1. The quantitative estimate of drug-likeness (QED) is 0.557. The third kappa shape index (κ3) is 4.62. The predicted molar refractivity (Wildman–Crippen MR) is 94.1 cm³/mol. The van der Waals surface area contributed by atoms with Crippen molar-refractivity contribution in [2.24, 2.45) is 5.92 Å². The van der Waals surface area contributed by atoms with Gasteiger partial charge in [-0.25, -0.2) is 0 Å². The van der Waals surface area contributed by atoms with E-state index >= 15 is 0 Å². The zero-order valence-corrected chi connectivity index (χ0v) is 14.4. The molecule has 0 spiro atoms. The lowest BCUT2D eigenvalue weighted by Gasteiger charge is -2.15. The number of para-hydroxylation sites is 1. The summed E-state index contributed by atoms with van der Waals surface area (Å²) in [7, 11) is 0. The normalized spacial score (nSPS) is 12.3. The van der Waals surface area contributed by atoms with Gasteiger partial charge in [0.25, 0.3) is 5.69 Å². The van der Waals surface area contributed by atoms with Gasteiger partial charge in [0.15, 0.2) is 0 Å².